The van der Waals surface area contributed by atoms with Crippen LogP contribution in [0.15, 0.2) is 60.7 Å². The van der Waals surface area contributed by atoms with Crippen molar-refractivity contribution in [1.29, 1.82) is 0 Å². The number of quaternary nitrogens is 1. The predicted molar refractivity (Wildman–Crippen MR) is 144 cm³/mol. The highest BCUT2D eigenvalue weighted by Gasteiger charge is 2.53. The molecule has 8 heteroatoms. The van der Waals surface area contributed by atoms with Crippen LogP contribution in [0.2, 0.25) is 5.02 Å². The van der Waals surface area contributed by atoms with Crippen molar-refractivity contribution in [3.8, 4) is 5.75 Å². The van der Waals surface area contributed by atoms with Gasteiger partial charge in [0.2, 0.25) is 0 Å². The number of imide groups is 1. The number of benzene rings is 3. The molecule has 1 aliphatic heterocycles. The van der Waals surface area contributed by atoms with E-state index in [-0.39, 0.29) is 13.1 Å². The predicted octanol–water partition coefficient (Wildman–Crippen LogP) is 4.14. The zero-order valence-electron chi connectivity index (χ0n) is 21.3. The summed E-state index contributed by atoms with van der Waals surface area (Å²) in [5, 5.41) is 29.8. The van der Waals surface area contributed by atoms with Gasteiger partial charge in [0.15, 0.2) is 0 Å². The zero-order valence-corrected chi connectivity index (χ0v) is 22.1. The minimum atomic E-state index is -1.43. The highest BCUT2D eigenvalue weighted by atomic mass is 35.5. The Kier molecular flexibility index (Phi) is 7.73. The number of carboxylic acid groups (broad SMARTS) is 1. The van der Waals surface area contributed by atoms with E-state index in [0.717, 1.165) is 35.6 Å². The molecule has 1 heterocycles. The maximum Gasteiger partial charge on any atom is 0.330 e. The van der Waals surface area contributed by atoms with E-state index in [4.69, 9.17) is 16.3 Å². The van der Waals surface area contributed by atoms with E-state index < -0.39 is 28.0 Å². The summed E-state index contributed by atoms with van der Waals surface area (Å²) in [5.41, 5.74) is 0.143. The second-order valence-electron chi connectivity index (χ2n) is 10.5. The Morgan fingerprint density at radius 2 is 1.71 bits per heavy atom. The molecule has 1 saturated heterocycles. The zero-order chi connectivity index (χ0) is 26.8. The number of ether oxygens (including phenoxy) is 1. The average Bonchev–Trinajstić information content (AvgIpc) is 2.93. The highest BCUT2D eigenvalue weighted by Crippen LogP contribution is 2.44. The standard InChI is InChI=1S/C30H33ClN2O5/c31-25-19-24(10-11-26(25)38-20-21-8-9-22-6-2-3-7-23(22)18-21)27(30(37)12-4-1-5-13-30)28(34)33(29(35)36)16-14-32-15-17-33/h2-3,6-11,18-19,27,32,37H,1,4-5,12-17,20H2. The van der Waals surface area contributed by atoms with Gasteiger partial charge in [-0.3, -0.25) is 0 Å². The van der Waals surface area contributed by atoms with Crippen molar-refractivity contribution in [2.75, 3.05) is 26.2 Å². The largest absolute Gasteiger partial charge is 0.498 e. The third kappa shape index (κ3) is 5.16. The van der Waals surface area contributed by atoms with Gasteiger partial charge >= 0.3 is 5.91 Å². The van der Waals surface area contributed by atoms with Crippen LogP contribution >= 0.6 is 11.6 Å². The number of carbonyl (C=O) groups is 2. The van der Waals surface area contributed by atoms with Crippen molar-refractivity contribution in [2.24, 2.45) is 0 Å². The van der Waals surface area contributed by atoms with Crippen LogP contribution in [0.4, 0.5) is 4.79 Å². The number of amides is 2. The van der Waals surface area contributed by atoms with E-state index in [1.54, 1.807) is 18.2 Å². The molecule has 3 aromatic rings. The van der Waals surface area contributed by atoms with Gasteiger partial charge in [-0.05, 0) is 52.9 Å². The molecule has 0 aromatic heterocycles. The lowest BCUT2D eigenvalue weighted by atomic mass is 9.71. The maximum absolute atomic E-state index is 14.1. The summed E-state index contributed by atoms with van der Waals surface area (Å²) >= 11 is 6.65. The molecule has 0 spiro atoms. The van der Waals surface area contributed by atoms with Crippen LogP contribution in [0.3, 0.4) is 0 Å². The lowest BCUT2D eigenvalue weighted by Gasteiger charge is -2.45. The molecule has 2 aliphatic rings. The minimum Gasteiger partial charge on any atom is -0.498 e. The van der Waals surface area contributed by atoms with Crippen LogP contribution < -0.4 is 15.2 Å². The molecule has 5 rings (SSSR count). The fraction of sp³-hybridized carbons (Fsp3) is 0.400. The molecule has 0 radical (unpaired) electrons. The first-order chi connectivity index (χ1) is 18.3. The maximum atomic E-state index is 14.1. The number of halogens is 1. The van der Waals surface area contributed by atoms with Gasteiger partial charge in [0.1, 0.15) is 31.4 Å². The monoisotopic (exact) mass is 536 g/mol. The third-order valence-electron chi connectivity index (χ3n) is 8.11. The summed E-state index contributed by atoms with van der Waals surface area (Å²) in [6.07, 6.45) is 1.93. The van der Waals surface area contributed by atoms with Gasteiger partial charge in [-0.2, -0.15) is 0 Å². The number of fused-ring (bicyclic) bond motifs is 1. The lowest BCUT2D eigenvalue weighted by molar-refractivity contribution is -0.808. The van der Waals surface area contributed by atoms with Gasteiger partial charge in [0, 0.05) is 13.1 Å². The van der Waals surface area contributed by atoms with Gasteiger partial charge < -0.3 is 25.1 Å². The van der Waals surface area contributed by atoms with Crippen LogP contribution in [0.25, 0.3) is 10.8 Å². The molecule has 2 fully saturated rings. The van der Waals surface area contributed by atoms with Crippen molar-refractivity contribution in [3.63, 3.8) is 0 Å². The summed E-state index contributed by atoms with van der Waals surface area (Å²) in [6, 6.07) is 19.3. The summed E-state index contributed by atoms with van der Waals surface area (Å²) < 4.78 is 5.21. The normalized spacial score (nSPS) is 19.5. The minimum absolute atomic E-state index is 0.0778. The summed E-state index contributed by atoms with van der Waals surface area (Å²) in [4.78, 5) is 26.4. The van der Waals surface area contributed by atoms with Crippen LogP contribution in [0, 0.1) is 0 Å². The fourth-order valence-corrected chi connectivity index (χ4v) is 6.20. The first-order valence-electron chi connectivity index (χ1n) is 13.3. The molecule has 3 aromatic carbocycles. The molecule has 1 saturated carbocycles. The van der Waals surface area contributed by atoms with Crippen molar-refractivity contribution in [2.45, 2.75) is 50.2 Å². The van der Waals surface area contributed by atoms with E-state index in [0.29, 0.717) is 48.9 Å². The Balaban J connectivity index is 1.43. The van der Waals surface area contributed by atoms with Gasteiger partial charge in [-0.1, -0.05) is 73.3 Å². The second kappa shape index (κ2) is 11.0. The average molecular weight is 537 g/mol. The Bertz CT molecular complexity index is 1330. The fourth-order valence-electron chi connectivity index (χ4n) is 5.96. The SMILES string of the molecule is O=C([O-])[N+]1(C(=O)C(c2ccc(OCc3ccc4ccccc4c3)c(Cl)c2)C2(O)CCCCC2)CCNCC1. The van der Waals surface area contributed by atoms with Gasteiger partial charge in [0.05, 0.1) is 10.6 Å². The molecule has 2 N–H and O–H groups in total. The Morgan fingerprint density at radius 3 is 2.39 bits per heavy atom. The topological polar surface area (TPSA) is 98.7 Å². The first kappa shape index (κ1) is 26.6. The van der Waals surface area contributed by atoms with Crippen molar-refractivity contribution < 1.29 is 29.0 Å². The van der Waals surface area contributed by atoms with Gasteiger partial charge in [-0.15, -0.1) is 0 Å². The lowest BCUT2D eigenvalue weighted by Crippen LogP contribution is -2.70. The van der Waals surface area contributed by atoms with E-state index >= 15 is 0 Å². The molecular formula is C30H33ClN2O5. The van der Waals surface area contributed by atoms with E-state index in [1.165, 1.54) is 0 Å². The molecule has 1 aliphatic carbocycles. The number of hydrogen-bond donors (Lipinski definition) is 2. The number of piperazine rings is 1. The molecule has 2 amide bonds. The Labute approximate surface area is 227 Å². The van der Waals surface area contributed by atoms with Gasteiger partial charge in [0.25, 0.3) is 6.09 Å². The molecule has 1 atom stereocenters. The van der Waals surface area contributed by atoms with Gasteiger partial charge in [-0.25, -0.2) is 9.28 Å². The van der Waals surface area contributed by atoms with Crippen molar-refractivity contribution in [1.82, 2.24) is 5.32 Å². The molecule has 1 unspecified atom stereocenters. The van der Waals surface area contributed by atoms with Crippen molar-refractivity contribution in [3.05, 3.63) is 76.8 Å². The number of hydrogen-bond acceptors (Lipinski definition) is 6. The number of nitrogens with zero attached hydrogens (tertiary/aromatic N) is 1. The van der Waals surface area contributed by atoms with Crippen LogP contribution in [0.1, 0.15) is 49.1 Å². The van der Waals surface area contributed by atoms with Crippen LogP contribution in [-0.2, 0) is 11.4 Å². The van der Waals surface area contributed by atoms with E-state index in [2.05, 4.69) is 17.4 Å². The smallest absolute Gasteiger partial charge is 0.330 e. The molecule has 200 valence electrons. The molecule has 0 bridgehead atoms. The third-order valence-corrected chi connectivity index (χ3v) is 8.41. The van der Waals surface area contributed by atoms with E-state index in [1.807, 2.05) is 30.3 Å². The highest BCUT2D eigenvalue weighted by molar-refractivity contribution is 6.32. The summed E-state index contributed by atoms with van der Waals surface area (Å²) in [5.74, 6) is -1.13. The van der Waals surface area contributed by atoms with Crippen molar-refractivity contribution >= 4 is 34.4 Å². The quantitative estimate of drug-likeness (QED) is 0.459. The number of rotatable bonds is 6. The first-order valence-corrected chi connectivity index (χ1v) is 13.7. The molecular weight excluding hydrogens is 504 g/mol. The Hall–Kier alpha value is -2.97. The number of aliphatic hydroxyl groups is 1. The summed E-state index contributed by atoms with van der Waals surface area (Å²) in [6.45, 7) is 1.23. The molecule has 38 heavy (non-hydrogen) atoms. The van der Waals surface area contributed by atoms with Crippen LogP contribution in [0.5, 0.6) is 5.75 Å². The van der Waals surface area contributed by atoms with Crippen LogP contribution in [-0.4, -0.2) is 53.4 Å². The van der Waals surface area contributed by atoms with E-state index in [9.17, 15) is 19.8 Å². The Morgan fingerprint density at radius 1 is 1.00 bits per heavy atom. The number of nitrogens with one attached hydrogen (secondary N) is 1. The number of carbonyl (C=O) groups excluding carboxylic acids is 2. The second-order valence-corrected chi connectivity index (χ2v) is 10.9. The molecule has 7 nitrogen and oxygen atoms in total. The summed E-state index contributed by atoms with van der Waals surface area (Å²) in [7, 11) is 0.